The van der Waals surface area contributed by atoms with Crippen LogP contribution in [0, 0.1) is 24.1 Å². The standard InChI is InChI=1S/C24H24FN7O2/c1-16-20(6-7-22(25)21(16)11-26)23-13-30-8-9-31(12-19(30)14-34-23)24(33)10-17-2-4-18(5-3-17)32-15-27-28-29-32/h2-7,15,19,23H,8-10,12-14H2,1H3/t19-,23-/m0/s1. The van der Waals surface area contributed by atoms with Gasteiger partial charge in [-0.15, -0.1) is 5.10 Å². The highest BCUT2D eigenvalue weighted by Crippen LogP contribution is 2.31. The number of hydrogen-bond acceptors (Lipinski definition) is 7. The van der Waals surface area contributed by atoms with Gasteiger partial charge in [0.15, 0.2) is 0 Å². The molecule has 3 aromatic rings. The molecule has 0 unspecified atom stereocenters. The molecule has 2 aliphatic heterocycles. The van der Waals surface area contributed by atoms with Gasteiger partial charge in [-0.3, -0.25) is 9.69 Å². The zero-order chi connectivity index (χ0) is 23.7. The molecule has 3 heterocycles. The molecule has 0 saturated carbocycles. The Balaban J connectivity index is 1.19. The maximum atomic E-state index is 13.9. The van der Waals surface area contributed by atoms with Gasteiger partial charge >= 0.3 is 0 Å². The van der Waals surface area contributed by atoms with Gasteiger partial charge in [-0.25, -0.2) is 9.07 Å². The minimum absolute atomic E-state index is 0.0737. The fourth-order valence-electron chi connectivity index (χ4n) is 4.71. The average Bonchev–Trinajstić information content (AvgIpc) is 3.39. The van der Waals surface area contributed by atoms with Gasteiger partial charge in [0.1, 0.15) is 18.2 Å². The van der Waals surface area contributed by atoms with E-state index in [-0.39, 0.29) is 23.6 Å². The summed E-state index contributed by atoms with van der Waals surface area (Å²) in [5, 5.41) is 20.4. The van der Waals surface area contributed by atoms with Gasteiger partial charge in [-0.1, -0.05) is 18.2 Å². The molecule has 0 radical (unpaired) electrons. The van der Waals surface area contributed by atoms with E-state index < -0.39 is 5.82 Å². The monoisotopic (exact) mass is 461 g/mol. The van der Waals surface area contributed by atoms with E-state index in [0.717, 1.165) is 23.4 Å². The summed E-state index contributed by atoms with van der Waals surface area (Å²) in [5.41, 5.74) is 3.32. The summed E-state index contributed by atoms with van der Waals surface area (Å²) < 4.78 is 21.6. The van der Waals surface area contributed by atoms with Gasteiger partial charge in [0, 0.05) is 26.2 Å². The molecule has 0 N–H and O–H groups in total. The number of piperazine rings is 1. The molecule has 174 valence electrons. The molecule has 34 heavy (non-hydrogen) atoms. The number of nitriles is 1. The second kappa shape index (κ2) is 9.29. The summed E-state index contributed by atoms with van der Waals surface area (Å²) in [7, 11) is 0. The number of ether oxygens (including phenoxy) is 1. The summed E-state index contributed by atoms with van der Waals surface area (Å²) >= 11 is 0. The largest absolute Gasteiger partial charge is 0.370 e. The molecule has 2 atom stereocenters. The molecule has 0 spiro atoms. The van der Waals surface area contributed by atoms with Crippen LogP contribution < -0.4 is 0 Å². The van der Waals surface area contributed by atoms with Crippen LogP contribution in [0.3, 0.4) is 0 Å². The number of nitrogens with zero attached hydrogens (tertiary/aromatic N) is 7. The molecule has 10 heteroatoms. The Kier molecular flexibility index (Phi) is 6.04. The van der Waals surface area contributed by atoms with Crippen molar-refractivity contribution < 1.29 is 13.9 Å². The number of halogens is 1. The van der Waals surface area contributed by atoms with Crippen LogP contribution >= 0.6 is 0 Å². The highest BCUT2D eigenvalue weighted by molar-refractivity contribution is 5.79. The Morgan fingerprint density at radius 2 is 2.03 bits per heavy atom. The third-order valence-electron chi connectivity index (χ3n) is 6.67. The van der Waals surface area contributed by atoms with Gasteiger partial charge in [-0.05, 0) is 52.2 Å². The molecule has 9 nitrogen and oxygen atoms in total. The first kappa shape index (κ1) is 22.1. The van der Waals surface area contributed by atoms with Crippen molar-refractivity contribution in [1.29, 1.82) is 5.26 Å². The number of aromatic nitrogens is 4. The summed E-state index contributed by atoms with van der Waals surface area (Å²) in [6, 6.07) is 12.7. The number of morpholine rings is 1. The van der Waals surface area contributed by atoms with Gasteiger partial charge in [0.25, 0.3) is 0 Å². The number of carbonyl (C=O) groups excluding carboxylic acids is 1. The van der Waals surface area contributed by atoms with Crippen molar-refractivity contribution in [3.63, 3.8) is 0 Å². The third kappa shape index (κ3) is 4.27. The van der Waals surface area contributed by atoms with Crippen LogP contribution in [-0.2, 0) is 16.0 Å². The van der Waals surface area contributed by atoms with E-state index in [2.05, 4.69) is 20.4 Å². The molecule has 1 aromatic heterocycles. The molecule has 0 aliphatic carbocycles. The molecule has 2 saturated heterocycles. The van der Waals surface area contributed by atoms with E-state index in [9.17, 15) is 14.4 Å². The molecular weight excluding hydrogens is 437 g/mol. The van der Waals surface area contributed by atoms with E-state index in [1.165, 1.54) is 12.4 Å². The maximum Gasteiger partial charge on any atom is 0.227 e. The zero-order valence-electron chi connectivity index (χ0n) is 18.8. The van der Waals surface area contributed by atoms with Gasteiger partial charge < -0.3 is 9.64 Å². The first-order valence-electron chi connectivity index (χ1n) is 11.2. The quantitative estimate of drug-likeness (QED) is 0.584. The Morgan fingerprint density at radius 1 is 1.21 bits per heavy atom. The Bertz CT molecular complexity index is 1220. The predicted octanol–water partition coefficient (Wildman–Crippen LogP) is 1.81. The van der Waals surface area contributed by atoms with Crippen molar-refractivity contribution in [3.8, 4) is 11.8 Å². The van der Waals surface area contributed by atoms with Crippen LogP contribution in [0.2, 0.25) is 0 Å². The van der Waals surface area contributed by atoms with Crippen LogP contribution in [0.15, 0.2) is 42.7 Å². The topological polar surface area (TPSA) is 100 Å². The van der Waals surface area contributed by atoms with E-state index in [4.69, 9.17) is 4.74 Å². The first-order valence-corrected chi connectivity index (χ1v) is 11.2. The average molecular weight is 462 g/mol. The lowest BCUT2D eigenvalue weighted by Crippen LogP contribution is -2.59. The molecule has 0 bridgehead atoms. The Labute approximate surface area is 196 Å². The van der Waals surface area contributed by atoms with Crippen LogP contribution in [0.1, 0.15) is 28.4 Å². The minimum Gasteiger partial charge on any atom is -0.370 e. The smallest absolute Gasteiger partial charge is 0.227 e. The van der Waals surface area contributed by atoms with E-state index in [1.54, 1.807) is 17.7 Å². The SMILES string of the molecule is Cc1c([C@@H]2CN3CCN(C(=O)Cc4ccc(-n5cnnn5)cc4)C[C@H]3CO2)ccc(F)c1C#N. The molecule has 2 aromatic carbocycles. The zero-order valence-corrected chi connectivity index (χ0v) is 18.8. The predicted molar refractivity (Wildman–Crippen MR) is 119 cm³/mol. The van der Waals surface area contributed by atoms with Gasteiger partial charge in [0.05, 0.1) is 36.4 Å². The summed E-state index contributed by atoms with van der Waals surface area (Å²) in [4.78, 5) is 17.2. The molecule has 5 rings (SSSR count). The maximum absolute atomic E-state index is 13.9. The summed E-state index contributed by atoms with van der Waals surface area (Å²) in [6.45, 7) is 4.91. The fraction of sp³-hybridized carbons (Fsp3) is 0.375. The van der Waals surface area contributed by atoms with Crippen molar-refractivity contribution >= 4 is 5.91 Å². The molecule has 1 amide bonds. The minimum atomic E-state index is -0.505. The van der Waals surface area contributed by atoms with E-state index in [1.807, 2.05) is 35.2 Å². The van der Waals surface area contributed by atoms with E-state index in [0.29, 0.717) is 38.2 Å². The number of fused-ring (bicyclic) bond motifs is 1. The number of rotatable bonds is 4. The molecule has 2 fully saturated rings. The summed E-state index contributed by atoms with van der Waals surface area (Å²) in [5.74, 6) is -0.417. The molecule has 2 aliphatic rings. The van der Waals surface area contributed by atoms with Crippen molar-refractivity contribution in [2.45, 2.75) is 25.5 Å². The van der Waals surface area contributed by atoms with Gasteiger partial charge in [-0.2, -0.15) is 5.26 Å². The van der Waals surface area contributed by atoms with Crippen molar-refractivity contribution in [1.82, 2.24) is 30.0 Å². The fourth-order valence-corrected chi connectivity index (χ4v) is 4.71. The lowest BCUT2D eigenvalue weighted by atomic mass is 9.96. The number of amides is 1. The third-order valence-corrected chi connectivity index (χ3v) is 6.67. The van der Waals surface area contributed by atoms with Crippen LogP contribution in [-0.4, -0.2) is 74.7 Å². The van der Waals surface area contributed by atoms with Crippen LogP contribution in [0.5, 0.6) is 0 Å². The number of tetrazole rings is 1. The molecular formula is C24H24FN7O2. The van der Waals surface area contributed by atoms with Gasteiger partial charge in [0.2, 0.25) is 5.91 Å². The Hall–Kier alpha value is -3.68. The second-order valence-electron chi connectivity index (χ2n) is 8.66. The Morgan fingerprint density at radius 3 is 2.76 bits per heavy atom. The number of benzene rings is 2. The first-order chi connectivity index (χ1) is 16.5. The van der Waals surface area contributed by atoms with Crippen LogP contribution in [0.25, 0.3) is 5.69 Å². The number of hydrogen-bond donors (Lipinski definition) is 0. The highest BCUT2D eigenvalue weighted by atomic mass is 19.1. The van der Waals surface area contributed by atoms with Crippen molar-refractivity contribution in [2.75, 3.05) is 32.8 Å². The summed E-state index contributed by atoms with van der Waals surface area (Å²) in [6.07, 6.45) is 1.64. The normalized spacial score (nSPS) is 20.6. The number of carbonyl (C=O) groups is 1. The van der Waals surface area contributed by atoms with Crippen LogP contribution in [0.4, 0.5) is 4.39 Å². The highest BCUT2D eigenvalue weighted by Gasteiger charge is 2.36. The lowest BCUT2D eigenvalue weighted by molar-refractivity contribution is -0.139. The lowest BCUT2D eigenvalue weighted by Gasteiger charge is -2.46. The van der Waals surface area contributed by atoms with Crippen molar-refractivity contribution in [3.05, 3.63) is 70.8 Å². The van der Waals surface area contributed by atoms with Crippen molar-refractivity contribution in [2.24, 2.45) is 0 Å². The van der Waals surface area contributed by atoms with E-state index >= 15 is 0 Å². The second-order valence-corrected chi connectivity index (χ2v) is 8.66.